The molecule has 0 radical (unpaired) electrons. The topological polar surface area (TPSA) is 69.6 Å². The Morgan fingerprint density at radius 2 is 2.08 bits per heavy atom. The first kappa shape index (κ1) is 18.3. The summed E-state index contributed by atoms with van der Waals surface area (Å²) in [5.74, 6) is 0.534. The van der Waals surface area contributed by atoms with E-state index in [4.69, 9.17) is 21.1 Å². The second-order valence-corrected chi connectivity index (χ2v) is 6.42. The van der Waals surface area contributed by atoms with E-state index in [0.29, 0.717) is 47.3 Å². The number of rotatable bonds is 5. The number of carbonyl (C=O) groups excluding carboxylic acids is 1. The maximum atomic E-state index is 13.0. The van der Waals surface area contributed by atoms with E-state index in [1.54, 1.807) is 22.8 Å². The fraction of sp³-hybridized carbons (Fsp3) is 0.368. The number of pyridine rings is 1. The highest BCUT2D eigenvalue weighted by Crippen LogP contribution is 2.29. The van der Waals surface area contributed by atoms with Gasteiger partial charge < -0.3 is 19.4 Å². The molecule has 1 aliphatic heterocycles. The van der Waals surface area contributed by atoms with Crippen molar-refractivity contribution in [3.63, 3.8) is 0 Å². The fourth-order valence-corrected chi connectivity index (χ4v) is 3.45. The lowest BCUT2D eigenvalue weighted by Crippen LogP contribution is -2.31. The number of aromatic nitrogens is 1. The predicted octanol–water partition coefficient (Wildman–Crippen LogP) is 3.50. The number of hydrogen-bond acceptors (Lipinski definition) is 4. The zero-order valence-corrected chi connectivity index (χ0v) is 15.6. The lowest BCUT2D eigenvalue weighted by molar-refractivity contribution is 0.102. The molecule has 3 rings (SSSR count). The summed E-state index contributed by atoms with van der Waals surface area (Å²) in [4.78, 5) is 25.3. The van der Waals surface area contributed by atoms with Crippen molar-refractivity contribution in [2.45, 2.75) is 32.7 Å². The van der Waals surface area contributed by atoms with Crippen LogP contribution in [0.3, 0.4) is 0 Å². The number of benzene rings is 1. The molecule has 1 N–H and O–H groups in total. The van der Waals surface area contributed by atoms with E-state index >= 15 is 0 Å². The zero-order chi connectivity index (χ0) is 18.7. The molecule has 0 unspecified atom stereocenters. The van der Waals surface area contributed by atoms with Gasteiger partial charge in [0, 0.05) is 24.0 Å². The van der Waals surface area contributed by atoms with Gasteiger partial charge in [-0.15, -0.1) is 0 Å². The standard InChI is InChI=1S/C19H21ClN2O4/c1-3-26-16-11-17(23)22-9-5-4-6-14(22)18(16)19(24)21-12-7-8-15(25-2)13(20)10-12/h7-8,10-11H,3-6,9H2,1-2H3,(H,21,24). The summed E-state index contributed by atoms with van der Waals surface area (Å²) in [7, 11) is 1.53. The van der Waals surface area contributed by atoms with E-state index < -0.39 is 0 Å². The van der Waals surface area contributed by atoms with Crippen LogP contribution >= 0.6 is 11.6 Å². The monoisotopic (exact) mass is 376 g/mol. The lowest BCUT2D eigenvalue weighted by Gasteiger charge is -2.23. The van der Waals surface area contributed by atoms with Crippen LogP contribution in [-0.2, 0) is 13.0 Å². The van der Waals surface area contributed by atoms with E-state index in [2.05, 4.69) is 5.32 Å². The Hall–Kier alpha value is -2.47. The smallest absolute Gasteiger partial charge is 0.261 e. The number of carbonyl (C=O) groups is 1. The van der Waals surface area contributed by atoms with Crippen LogP contribution in [0.15, 0.2) is 29.1 Å². The molecule has 6 nitrogen and oxygen atoms in total. The van der Waals surface area contributed by atoms with E-state index in [1.807, 2.05) is 6.92 Å². The summed E-state index contributed by atoms with van der Waals surface area (Å²) in [6.45, 7) is 2.81. The van der Waals surface area contributed by atoms with Crippen molar-refractivity contribution < 1.29 is 14.3 Å². The molecule has 0 saturated carbocycles. The van der Waals surface area contributed by atoms with Gasteiger partial charge in [-0.3, -0.25) is 9.59 Å². The van der Waals surface area contributed by atoms with Gasteiger partial charge in [0.1, 0.15) is 17.1 Å². The van der Waals surface area contributed by atoms with Crippen LogP contribution in [0.5, 0.6) is 11.5 Å². The maximum Gasteiger partial charge on any atom is 0.261 e. The number of hydrogen-bond donors (Lipinski definition) is 1. The van der Waals surface area contributed by atoms with Crippen LogP contribution in [0.4, 0.5) is 5.69 Å². The Labute approximate surface area is 156 Å². The SMILES string of the molecule is CCOc1cc(=O)n2c(c1C(=O)Nc1ccc(OC)c(Cl)c1)CCCC2. The first-order chi connectivity index (χ1) is 12.5. The third-order valence-corrected chi connectivity index (χ3v) is 4.66. The quantitative estimate of drug-likeness (QED) is 0.867. The number of nitrogens with zero attached hydrogens (tertiary/aromatic N) is 1. The molecule has 0 aliphatic carbocycles. The molecule has 26 heavy (non-hydrogen) atoms. The Morgan fingerprint density at radius 3 is 2.77 bits per heavy atom. The molecule has 1 amide bonds. The van der Waals surface area contributed by atoms with Crippen LogP contribution in [-0.4, -0.2) is 24.2 Å². The third kappa shape index (κ3) is 3.55. The number of anilines is 1. The highest BCUT2D eigenvalue weighted by molar-refractivity contribution is 6.32. The molecule has 0 bridgehead atoms. The second-order valence-electron chi connectivity index (χ2n) is 6.01. The summed E-state index contributed by atoms with van der Waals surface area (Å²) in [6.07, 6.45) is 2.53. The number of nitrogens with one attached hydrogen (secondary N) is 1. The minimum atomic E-state index is -0.319. The average Bonchev–Trinajstić information content (AvgIpc) is 2.62. The predicted molar refractivity (Wildman–Crippen MR) is 101 cm³/mol. The van der Waals surface area contributed by atoms with Crippen molar-refractivity contribution >= 4 is 23.2 Å². The summed E-state index contributed by atoms with van der Waals surface area (Å²) in [5, 5.41) is 3.25. The van der Waals surface area contributed by atoms with Gasteiger partial charge in [-0.05, 0) is 44.4 Å². The minimum Gasteiger partial charge on any atom is -0.495 e. The van der Waals surface area contributed by atoms with Crippen LogP contribution in [0.25, 0.3) is 0 Å². The third-order valence-electron chi connectivity index (χ3n) is 4.36. The number of amides is 1. The number of halogens is 1. The van der Waals surface area contributed by atoms with Gasteiger partial charge in [-0.2, -0.15) is 0 Å². The van der Waals surface area contributed by atoms with E-state index in [9.17, 15) is 9.59 Å². The average molecular weight is 377 g/mol. The van der Waals surface area contributed by atoms with Gasteiger partial charge in [0.25, 0.3) is 11.5 Å². The Balaban J connectivity index is 2.00. The molecular formula is C19H21ClN2O4. The molecule has 2 aromatic rings. The minimum absolute atomic E-state index is 0.132. The first-order valence-corrected chi connectivity index (χ1v) is 8.97. The van der Waals surface area contributed by atoms with E-state index in [1.165, 1.54) is 13.2 Å². The van der Waals surface area contributed by atoms with E-state index in [-0.39, 0.29) is 11.5 Å². The molecule has 1 aromatic heterocycles. The van der Waals surface area contributed by atoms with Crippen molar-refractivity contribution in [2.24, 2.45) is 0 Å². The van der Waals surface area contributed by atoms with Gasteiger partial charge in [-0.1, -0.05) is 11.6 Å². The van der Waals surface area contributed by atoms with Crippen LogP contribution < -0.4 is 20.3 Å². The summed E-state index contributed by atoms with van der Waals surface area (Å²) in [6, 6.07) is 6.42. The molecule has 2 heterocycles. The molecular weight excluding hydrogens is 356 g/mol. The van der Waals surface area contributed by atoms with Gasteiger partial charge >= 0.3 is 0 Å². The highest BCUT2D eigenvalue weighted by atomic mass is 35.5. The van der Waals surface area contributed by atoms with Crippen molar-refractivity contribution in [3.8, 4) is 11.5 Å². The summed E-state index contributed by atoms with van der Waals surface area (Å²) < 4.78 is 12.4. The molecule has 7 heteroatoms. The maximum absolute atomic E-state index is 13.0. The molecule has 0 saturated heterocycles. The van der Waals surface area contributed by atoms with Crippen LogP contribution in [0.1, 0.15) is 35.8 Å². The highest BCUT2D eigenvalue weighted by Gasteiger charge is 2.24. The molecule has 1 aromatic carbocycles. The Bertz CT molecular complexity index is 892. The van der Waals surface area contributed by atoms with Crippen molar-refractivity contribution in [1.82, 2.24) is 4.57 Å². The van der Waals surface area contributed by atoms with Gasteiger partial charge in [0.15, 0.2) is 0 Å². The summed E-state index contributed by atoms with van der Waals surface area (Å²) in [5.41, 5.74) is 1.55. The lowest BCUT2D eigenvalue weighted by atomic mass is 10.0. The van der Waals surface area contributed by atoms with Crippen molar-refractivity contribution in [3.05, 3.63) is 50.9 Å². The zero-order valence-electron chi connectivity index (χ0n) is 14.8. The van der Waals surface area contributed by atoms with Crippen molar-refractivity contribution in [2.75, 3.05) is 19.0 Å². The Kier molecular flexibility index (Phi) is 5.52. The van der Waals surface area contributed by atoms with E-state index in [0.717, 1.165) is 18.5 Å². The van der Waals surface area contributed by atoms with Crippen LogP contribution in [0.2, 0.25) is 5.02 Å². The first-order valence-electron chi connectivity index (χ1n) is 8.59. The Morgan fingerprint density at radius 1 is 1.27 bits per heavy atom. The molecule has 0 spiro atoms. The number of methoxy groups -OCH3 is 1. The van der Waals surface area contributed by atoms with Gasteiger partial charge in [-0.25, -0.2) is 0 Å². The fourth-order valence-electron chi connectivity index (χ4n) is 3.19. The number of fused-ring (bicyclic) bond motifs is 1. The number of ether oxygens (including phenoxy) is 2. The molecule has 138 valence electrons. The normalized spacial score (nSPS) is 13.0. The second kappa shape index (κ2) is 7.83. The summed E-state index contributed by atoms with van der Waals surface area (Å²) >= 11 is 6.13. The van der Waals surface area contributed by atoms with Crippen LogP contribution in [0, 0.1) is 0 Å². The molecule has 0 fully saturated rings. The van der Waals surface area contributed by atoms with Crippen molar-refractivity contribution in [1.29, 1.82) is 0 Å². The molecule has 1 aliphatic rings. The largest absolute Gasteiger partial charge is 0.495 e. The van der Waals surface area contributed by atoms with Gasteiger partial charge in [0.05, 0.1) is 18.7 Å². The van der Waals surface area contributed by atoms with Gasteiger partial charge in [0.2, 0.25) is 0 Å². The molecule has 0 atom stereocenters.